The van der Waals surface area contributed by atoms with Gasteiger partial charge in [-0.2, -0.15) is 0 Å². The van der Waals surface area contributed by atoms with E-state index >= 15 is 0 Å². The first-order valence-corrected chi connectivity index (χ1v) is 7.99. The maximum absolute atomic E-state index is 12.3. The number of aliphatic hydroxyl groups excluding tert-OH is 1. The molecule has 6 nitrogen and oxygen atoms in total. The SMILES string of the molecule is CCC(CO)NS(=O)(=O)c1cc2c(cc1Cl)NC(=O)C2. The van der Waals surface area contributed by atoms with E-state index in [4.69, 9.17) is 16.7 Å². The number of benzene rings is 1. The lowest BCUT2D eigenvalue weighted by molar-refractivity contribution is -0.115. The minimum absolute atomic E-state index is 0.0336. The van der Waals surface area contributed by atoms with Gasteiger partial charge in [-0.25, -0.2) is 13.1 Å². The normalized spacial score (nSPS) is 15.8. The molecule has 1 atom stereocenters. The molecule has 8 heteroatoms. The zero-order valence-corrected chi connectivity index (χ0v) is 12.4. The van der Waals surface area contributed by atoms with Crippen LogP contribution in [0.15, 0.2) is 17.0 Å². The quantitative estimate of drug-likeness (QED) is 0.751. The van der Waals surface area contributed by atoms with Gasteiger partial charge < -0.3 is 10.4 Å². The summed E-state index contributed by atoms with van der Waals surface area (Å²) in [5, 5.41) is 11.7. The fourth-order valence-corrected chi connectivity index (χ4v) is 3.85. The van der Waals surface area contributed by atoms with Crippen LogP contribution in [0.5, 0.6) is 0 Å². The number of hydrogen-bond acceptors (Lipinski definition) is 4. The summed E-state index contributed by atoms with van der Waals surface area (Å²) >= 11 is 5.98. The average molecular weight is 319 g/mol. The molecule has 0 aromatic heterocycles. The van der Waals surface area contributed by atoms with Crippen LogP contribution in [0.25, 0.3) is 0 Å². The largest absolute Gasteiger partial charge is 0.395 e. The zero-order valence-electron chi connectivity index (χ0n) is 10.8. The second-order valence-corrected chi connectivity index (χ2v) is 6.66. The van der Waals surface area contributed by atoms with E-state index in [0.29, 0.717) is 17.7 Å². The van der Waals surface area contributed by atoms with Crippen LogP contribution >= 0.6 is 11.6 Å². The topological polar surface area (TPSA) is 95.5 Å². The number of carbonyl (C=O) groups is 1. The van der Waals surface area contributed by atoms with E-state index in [0.717, 1.165) is 0 Å². The second-order valence-electron chi connectivity index (χ2n) is 4.57. The number of fused-ring (bicyclic) bond motifs is 1. The van der Waals surface area contributed by atoms with Crippen LogP contribution in [0.3, 0.4) is 0 Å². The Morgan fingerprint density at radius 1 is 1.50 bits per heavy atom. The third-order valence-corrected chi connectivity index (χ3v) is 5.09. The van der Waals surface area contributed by atoms with E-state index in [-0.39, 0.29) is 28.9 Å². The van der Waals surface area contributed by atoms with E-state index in [1.165, 1.54) is 12.1 Å². The highest BCUT2D eigenvalue weighted by Crippen LogP contribution is 2.32. The molecule has 0 bridgehead atoms. The molecule has 1 aromatic carbocycles. The molecule has 1 aliphatic heterocycles. The van der Waals surface area contributed by atoms with Gasteiger partial charge in [-0.05, 0) is 24.1 Å². The molecule has 0 saturated heterocycles. The molecule has 1 amide bonds. The Kier molecular flexibility index (Phi) is 4.33. The van der Waals surface area contributed by atoms with Gasteiger partial charge in [0.25, 0.3) is 0 Å². The minimum atomic E-state index is -3.83. The molecule has 1 aromatic rings. The fourth-order valence-electron chi connectivity index (χ4n) is 1.96. The maximum Gasteiger partial charge on any atom is 0.242 e. The van der Waals surface area contributed by atoms with Crippen molar-refractivity contribution in [1.29, 1.82) is 0 Å². The Balaban J connectivity index is 2.38. The highest BCUT2D eigenvalue weighted by atomic mass is 35.5. The van der Waals surface area contributed by atoms with E-state index < -0.39 is 16.1 Å². The Hall–Kier alpha value is -1.15. The van der Waals surface area contributed by atoms with Gasteiger partial charge in [0.1, 0.15) is 4.90 Å². The van der Waals surface area contributed by atoms with Crippen molar-refractivity contribution in [1.82, 2.24) is 4.72 Å². The van der Waals surface area contributed by atoms with Crippen molar-refractivity contribution in [2.24, 2.45) is 0 Å². The van der Waals surface area contributed by atoms with Crippen molar-refractivity contribution < 1.29 is 18.3 Å². The molecule has 1 aliphatic rings. The summed E-state index contributed by atoms with van der Waals surface area (Å²) in [5.41, 5.74) is 1.13. The summed E-state index contributed by atoms with van der Waals surface area (Å²) in [5.74, 6) is -0.194. The summed E-state index contributed by atoms with van der Waals surface area (Å²) in [7, 11) is -3.83. The van der Waals surface area contributed by atoms with E-state index in [9.17, 15) is 13.2 Å². The Labute approximate surface area is 122 Å². The van der Waals surface area contributed by atoms with Gasteiger partial charge in [0, 0.05) is 11.7 Å². The van der Waals surface area contributed by atoms with Crippen LogP contribution < -0.4 is 10.0 Å². The number of rotatable bonds is 5. The van der Waals surface area contributed by atoms with E-state index in [1.54, 1.807) is 6.92 Å². The molecule has 3 N–H and O–H groups in total. The van der Waals surface area contributed by atoms with Gasteiger partial charge in [0.2, 0.25) is 15.9 Å². The van der Waals surface area contributed by atoms with Crippen LogP contribution in [0.1, 0.15) is 18.9 Å². The molecule has 2 rings (SSSR count). The van der Waals surface area contributed by atoms with Crippen LogP contribution in [0.4, 0.5) is 5.69 Å². The predicted molar refractivity (Wildman–Crippen MR) is 75.3 cm³/mol. The number of sulfonamides is 1. The van der Waals surface area contributed by atoms with Crippen molar-refractivity contribution >= 4 is 33.2 Å². The van der Waals surface area contributed by atoms with E-state index in [2.05, 4.69) is 10.0 Å². The van der Waals surface area contributed by atoms with E-state index in [1.807, 2.05) is 0 Å². The number of nitrogens with one attached hydrogen (secondary N) is 2. The summed E-state index contributed by atoms with van der Waals surface area (Å²) < 4.78 is 26.9. The molecule has 0 fully saturated rings. The molecular formula is C12H15ClN2O4S. The first kappa shape index (κ1) is 15.2. The number of halogens is 1. The molecule has 0 radical (unpaired) electrons. The summed E-state index contributed by atoms with van der Waals surface area (Å²) in [4.78, 5) is 11.2. The van der Waals surface area contributed by atoms with Crippen molar-refractivity contribution in [3.8, 4) is 0 Å². The third kappa shape index (κ3) is 2.95. The number of aliphatic hydroxyl groups is 1. The standard InChI is InChI=1S/C12H15ClN2O4S/c1-2-8(6-16)15-20(18,19)11-3-7-4-12(17)14-10(7)5-9(11)13/h3,5,8,15-16H,2,4,6H2,1H3,(H,14,17). The minimum Gasteiger partial charge on any atom is -0.395 e. The van der Waals surface area contributed by atoms with Gasteiger partial charge >= 0.3 is 0 Å². The Morgan fingerprint density at radius 2 is 2.20 bits per heavy atom. The van der Waals surface area contributed by atoms with Gasteiger partial charge in [-0.3, -0.25) is 4.79 Å². The highest BCUT2D eigenvalue weighted by Gasteiger charge is 2.26. The molecule has 1 heterocycles. The highest BCUT2D eigenvalue weighted by molar-refractivity contribution is 7.89. The van der Waals surface area contributed by atoms with Crippen molar-refractivity contribution in [2.45, 2.75) is 30.7 Å². The first-order chi connectivity index (χ1) is 9.37. The van der Waals surface area contributed by atoms with Crippen LogP contribution in [-0.2, 0) is 21.2 Å². The smallest absolute Gasteiger partial charge is 0.242 e. The monoisotopic (exact) mass is 318 g/mol. The summed E-state index contributed by atoms with van der Waals surface area (Å²) in [6.45, 7) is 1.47. The third-order valence-electron chi connectivity index (χ3n) is 3.11. The lowest BCUT2D eigenvalue weighted by Crippen LogP contribution is -2.37. The molecule has 20 heavy (non-hydrogen) atoms. The molecule has 1 unspecified atom stereocenters. The van der Waals surface area contributed by atoms with Gasteiger partial charge in [-0.15, -0.1) is 0 Å². The lowest BCUT2D eigenvalue weighted by atomic mass is 10.2. The molecule has 110 valence electrons. The van der Waals surface area contributed by atoms with Crippen molar-refractivity contribution in [3.05, 3.63) is 22.7 Å². The van der Waals surface area contributed by atoms with Gasteiger partial charge in [0.05, 0.1) is 18.1 Å². The van der Waals surface area contributed by atoms with Gasteiger partial charge in [-0.1, -0.05) is 18.5 Å². The fraction of sp³-hybridized carbons (Fsp3) is 0.417. The summed E-state index contributed by atoms with van der Waals surface area (Å²) in [6.07, 6.45) is 0.588. The predicted octanol–water partition coefficient (Wildman–Crippen LogP) is 0.884. The summed E-state index contributed by atoms with van der Waals surface area (Å²) in [6, 6.07) is 2.25. The van der Waals surface area contributed by atoms with Crippen molar-refractivity contribution in [2.75, 3.05) is 11.9 Å². The Bertz CT molecular complexity index is 641. The second kappa shape index (κ2) is 5.69. The van der Waals surface area contributed by atoms with Crippen LogP contribution in [-0.4, -0.2) is 32.1 Å². The van der Waals surface area contributed by atoms with Gasteiger partial charge in [0.15, 0.2) is 0 Å². The first-order valence-electron chi connectivity index (χ1n) is 6.13. The lowest BCUT2D eigenvalue weighted by Gasteiger charge is -2.15. The molecule has 0 saturated carbocycles. The molecular weight excluding hydrogens is 304 g/mol. The number of carbonyl (C=O) groups excluding carboxylic acids is 1. The average Bonchev–Trinajstić information content (AvgIpc) is 2.74. The van der Waals surface area contributed by atoms with Crippen LogP contribution in [0.2, 0.25) is 5.02 Å². The number of amides is 1. The number of anilines is 1. The maximum atomic E-state index is 12.3. The van der Waals surface area contributed by atoms with Crippen LogP contribution in [0, 0.1) is 0 Å². The number of hydrogen-bond donors (Lipinski definition) is 3. The molecule has 0 spiro atoms. The Morgan fingerprint density at radius 3 is 2.80 bits per heavy atom. The van der Waals surface area contributed by atoms with Crippen molar-refractivity contribution in [3.63, 3.8) is 0 Å². The molecule has 0 aliphatic carbocycles. The zero-order chi connectivity index (χ0) is 14.9.